The molecule has 16 heteroatoms. The van der Waals surface area contributed by atoms with Gasteiger partial charge in [-0.1, -0.05) is 27.7 Å². The Morgan fingerprint density at radius 1 is 0.865 bits per heavy atom. The van der Waals surface area contributed by atoms with Crippen LogP contribution in [0.2, 0.25) is 0 Å². The summed E-state index contributed by atoms with van der Waals surface area (Å²) < 4.78 is 64.2. The Morgan fingerprint density at radius 2 is 1.42 bits per heavy atom. The van der Waals surface area contributed by atoms with Gasteiger partial charge in [0.25, 0.3) is 20.2 Å². The van der Waals surface area contributed by atoms with E-state index in [4.69, 9.17) is 0 Å². The third-order valence-corrected chi connectivity index (χ3v) is 12.5. The number of ketones is 1. The van der Waals surface area contributed by atoms with Gasteiger partial charge in [-0.3, -0.25) is 23.5 Å². The number of carbonyl (C=O) groups excluding carboxylic acids is 3. The predicted octanol–water partition coefficient (Wildman–Crippen LogP) is 4.38. The van der Waals surface area contributed by atoms with Crippen LogP contribution in [0.15, 0.2) is 57.5 Å². The van der Waals surface area contributed by atoms with E-state index in [1.165, 1.54) is 13.8 Å². The van der Waals surface area contributed by atoms with Gasteiger partial charge < -0.3 is 20.2 Å². The fraction of sp³-hybridized carbons (Fsp3) is 0.500. The Morgan fingerprint density at radius 3 is 1.94 bits per heavy atom. The molecule has 5 rings (SSSR count). The summed E-state index contributed by atoms with van der Waals surface area (Å²) in [6.07, 6.45) is 3.71. The number of fused-ring (bicyclic) bond motifs is 2. The standard InChI is InChI=1S/C36H46N4O10S2/c1-19-35(5,6)25-15-23(27(37-21(3)41)17-29(25)39(19)11-9-13-51(45,46)47)31-33(43)32(34(31)44)24-16-26-30(18-28(24)38-22(4)42)40(20(2)36(26,7)8)12-10-14-52(48,49)50/h15-20,43H,9-14H2,1-8H3,(H,37,41)(H,45,46,47)(H,48,49,50). The number of hydrogen-bond acceptors (Lipinski definition) is 10. The molecule has 0 saturated carbocycles. The molecule has 2 aliphatic carbocycles. The first-order valence-corrected chi connectivity index (χ1v) is 20.2. The van der Waals surface area contributed by atoms with E-state index >= 15 is 0 Å². The minimum atomic E-state index is -4.17. The summed E-state index contributed by atoms with van der Waals surface area (Å²) in [5, 5.41) is 14.5. The van der Waals surface area contributed by atoms with Gasteiger partial charge in [0.2, 0.25) is 17.6 Å². The second-order valence-electron chi connectivity index (χ2n) is 15.0. The van der Waals surface area contributed by atoms with Crippen LogP contribution >= 0.6 is 0 Å². The van der Waals surface area contributed by atoms with Crippen molar-refractivity contribution < 1.29 is 45.4 Å². The fourth-order valence-corrected chi connectivity index (χ4v) is 8.63. The van der Waals surface area contributed by atoms with E-state index in [9.17, 15) is 45.4 Å². The second-order valence-corrected chi connectivity index (χ2v) is 18.1. The van der Waals surface area contributed by atoms with Crippen LogP contribution in [0.25, 0.3) is 5.57 Å². The molecule has 2 heterocycles. The summed E-state index contributed by atoms with van der Waals surface area (Å²) >= 11 is 0. The van der Waals surface area contributed by atoms with Crippen LogP contribution in [0.3, 0.4) is 0 Å². The van der Waals surface area contributed by atoms with Crippen LogP contribution < -0.4 is 10.2 Å². The van der Waals surface area contributed by atoms with Crippen molar-refractivity contribution >= 4 is 60.5 Å². The minimum absolute atomic E-state index is 0.0245. The summed E-state index contributed by atoms with van der Waals surface area (Å²) in [6, 6.07) is 3.20. The summed E-state index contributed by atoms with van der Waals surface area (Å²) in [4.78, 5) is 47.2. The third kappa shape index (κ3) is 7.13. The Balaban J connectivity index is 1.63. The van der Waals surface area contributed by atoms with Gasteiger partial charge >= 0.3 is 0 Å². The normalized spacial score (nSPS) is 24.4. The molecule has 2 aliphatic heterocycles. The van der Waals surface area contributed by atoms with E-state index in [0.29, 0.717) is 17.8 Å². The Kier molecular flexibility index (Phi) is 10.1. The Bertz CT molecular complexity index is 2160. The Labute approximate surface area is 304 Å². The number of nitrogens with one attached hydrogen (secondary N) is 1. The maximum atomic E-state index is 14.2. The van der Waals surface area contributed by atoms with E-state index in [1.54, 1.807) is 24.3 Å². The highest BCUT2D eigenvalue weighted by Crippen LogP contribution is 2.53. The van der Waals surface area contributed by atoms with Crippen molar-refractivity contribution in [1.82, 2.24) is 4.90 Å². The lowest BCUT2D eigenvalue weighted by Crippen LogP contribution is -2.39. The van der Waals surface area contributed by atoms with Gasteiger partial charge in [0.05, 0.1) is 34.1 Å². The summed E-state index contributed by atoms with van der Waals surface area (Å²) in [5.74, 6) is -2.65. The number of amides is 2. The van der Waals surface area contributed by atoms with Gasteiger partial charge in [0.1, 0.15) is 5.76 Å². The van der Waals surface area contributed by atoms with Crippen LogP contribution in [0.1, 0.15) is 79.4 Å². The van der Waals surface area contributed by atoms with Crippen LogP contribution in [-0.2, 0) is 40.0 Å². The molecule has 1 aromatic rings. The number of likely N-dealkylation sites (tertiary alicyclic amines) is 1. The van der Waals surface area contributed by atoms with Gasteiger partial charge in [-0.25, -0.2) is 4.99 Å². The zero-order chi connectivity index (χ0) is 38.9. The van der Waals surface area contributed by atoms with E-state index in [2.05, 4.69) is 10.3 Å². The minimum Gasteiger partial charge on any atom is -0.506 e. The molecule has 1 fully saturated rings. The fourth-order valence-electron chi connectivity index (χ4n) is 7.65. The van der Waals surface area contributed by atoms with Crippen LogP contribution in [0.5, 0.6) is 0 Å². The zero-order valence-electron chi connectivity index (χ0n) is 30.6. The highest BCUT2D eigenvalue weighted by atomic mass is 32.2. The van der Waals surface area contributed by atoms with Crippen molar-refractivity contribution in [2.45, 2.75) is 85.7 Å². The van der Waals surface area contributed by atoms with Gasteiger partial charge in [0.15, 0.2) is 0 Å². The number of anilines is 2. The lowest BCUT2D eigenvalue weighted by Gasteiger charge is -2.31. The smallest absolute Gasteiger partial charge is 0.264 e. The first-order valence-electron chi connectivity index (χ1n) is 17.0. The van der Waals surface area contributed by atoms with Crippen molar-refractivity contribution in [3.8, 4) is 0 Å². The van der Waals surface area contributed by atoms with E-state index < -0.39 is 60.2 Å². The second kappa shape index (κ2) is 13.4. The van der Waals surface area contributed by atoms with Crippen molar-refractivity contribution in [3.05, 3.63) is 63.6 Å². The first kappa shape index (κ1) is 39.1. The van der Waals surface area contributed by atoms with Crippen LogP contribution in [0, 0.1) is 5.41 Å². The number of nitrogens with zero attached hydrogens (tertiary/aromatic N) is 3. The van der Waals surface area contributed by atoms with E-state index in [-0.39, 0.29) is 65.3 Å². The number of hydrogen-bond donors (Lipinski definition) is 4. The number of carbonyl (C=O) groups is 3. The molecule has 0 radical (unpaired) electrons. The molecule has 2 unspecified atom stereocenters. The number of aliphatic hydroxyl groups excluding tert-OH is 1. The molecule has 1 saturated heterocycles. The van der Waals surface area contributed by atoms with Crippen molar-refractivity contribution in [1.29, 1.82) is 0 Å². The molecule has 4 N–H and O–H groups in total. The summed E-state index contributed by atoms with van der Waals surface area (Å²) in [6.45, 7) is 15.1. The van der Waals surface area contributed by atoms with Gasteiger partial charge in [-0.2, -0.15) is 16.8 Å². The van der Waals surface area contributed by atoms with Gasteiger partial charge in [-0.15, -0.1) is 0 Å². The monoisotopic (exact) mass is 758 g/mol. The molecular formula is C36H46N4O10S2. The molecule has 52 heavy (non-hydrogen) atoms. The average molecular weight is 759 g/mol. The molecule has 282 valence electrons. The lowest BCUT2D eigenvalue weighted by atomic mass is 9.73. The zero-order valence-corrected chi connectivity index (χ0v) is 32.2. The van der Waals surface area contributed by atoms with Crippen LogP contribution in [0.4, 0.5) is 11.4 Å². The molecular weight excluding hydrogens is 713 g/mol. The number of allylic oxidation sites excluding steroid dienone is 6. The lowest BCUT2D eigenvalue weighted by molar-refractivity contribution is -0.116. The van der Waals surface area contributed by atoms with Crippen molar-refractivity contribution in [2.75, 3.05) is 34.8 Å². The molecule has 4 aliphatic rings. The Hall–Kier alpha value is -4.12. The number of benzene rings is 1. The highest BCUT2D eigenvalue weighted by Gasteiger charge is 2.48. The average Bonchev–Trinajstić information content (AvgIpc) is 3.29. The predicted molar refractivity (Wildman–Crippen MR) is 198 cm³/mol. The largest absolute Gasteiger partial charge is 0.506 e. The quantitative estimate of drug-likeness (QED) is 0.194. The third-order valence-electron chi connectivity index (χ3n) is 10.9. The molecule has 0 bridgehead atoms. The SMILES string of the molecule is CC(=O)N=C1C=C2C(=CC1=C1C(=O)C(c3cc4c(cc3NC(C)=O)N(CCCS(=O)(=O)O)C(C)C4(C)C)=C1O)C(C)(C)C(C)N2CCCS(=O)(=O)O. The van der Waals surface area contributed by atoms with Crippen molar-refractivity contribution in [2.24, 2.45) is 10.4 Å². The van der Waals surface area contributed by atoms with E-state index in [0.717, 1.165) is 16.8 Å². The highest BCUT2D eigenvalue weighted by molar-refractivity contribution is 7.86. The topological polar surface area (TPSA) is 211 Å². The maximum Gasteiger partial charge on any atom is 0.264 e. The van der Waals surface area contributed by atoms with Gasteiger partial charge in [-0.05, 0) is 62.1 Å². The number of rotatable bonds is 10. The van der Waals surface area contributed by atoms with Crippen molar-refractivity contribution in [3.63, 3.8) is 0 Å². The van der Waals surface area contributed by atoms with E-state index in [1.807, 2.05) is 51.3 Å². The molecule has 2 atom stereocenters. The first-order chi connectivity index (χ1) is 23.9. The molecule has 14 nitrogen and oxygen atoms in total. The molecule has 1 aromatic carbocycles. The van der Waals surface area contributed by atoms with Crippen LogP contribution in [-0.4, -0.2) is 95.9 Å². The number of Topliss-reactive ketones (excluding diaryl/α,β-unsaturated/α-hetero) is 1. The number of aliphatic imine (C=N–C) groups is 1. The molecule has 0 aromatic heterocycles. The summed E-state index contributed by atoms with van der Waals surface area (Å²) in [7, 11) is -8.33. The van der Waals surface area contributed by atoms with Gasteiger partial charge in [0, 0.05) is 72.4 Å². The molecule has 2 amide bonds. The molecule has 0 spiro atoms. The maximum absolute atomic E-state index is 14.2. The number of aliphatic hydroxyl groups is 1. The summed E-state index contributed by atoms with van der Waals surface area (Å²) in [5.41, 5.74) is 2.90.